The number of amides is 1. The number of benzene rings is 1. The maximum absolute atomic E-state index is 13.3. The van der Waals surface area contributed by atoms with Gasteiger partial charge in [-0.15, -0.1) is 11.3 Å². The van der Waals surface area contributed by atoms with Crippen molar-refractivity contribution in [3.05, 3.63) is 94.3 Å². The van der Waals surface area contributed by atoms with Crippen LogP contribution in [0.5, 0.6) is 0 Å². The molecule has 0 atom stereocenters. The molecule has 1 aromatic heterocycles. The molecule has 0 saturated heterocycles. The fraction of sp³-hybridized carbons (Fsp3) is 0.259. The van der Waals surface area contributed by atoms with E-state index in [9.17, 15) is 4.79 Å². The molecule has 160 valence electrons. The average Bonchev–Trinajstić information content (AvgIpc) is 3.58. The van der Waals surface area contributed by atoms with Gasteiger partial charge in [0.25, 0.3) is 5.91 Å². The standard InChI is InChI=1S/C27H25N3OS/c1-18-28-25-10-6-21(15-26(25)32-18)20-3-2-4-24-7-5-22(17-30(24)27(31)16-20)19-11-13-29(14-12-19)23-8-9-23/h2-7,10-11,15-17,23H,8-9,12-14H2,1H3/b3-2+,20-16+,24-4+. The molecular weight excluding hydrogens is 414 g/mol. The van der Waals surface area contributed by atoms with Crippen molar-refractivity contribution in [2.45, 2.75) is 32.2 Å². The fourth-order valence-corrected chi connectivity index (χ4v) is 5.51. The Morgan fingerprint density at radius 1 is 1.12 bits per heavy atom. The number of carbonyl (C=O) groups excluding carboxylic acids is 1. The highest BCUT2D eigenvalue weighted by atomic mass is 32.1. The maximum atomic E-state index is 13.3. The highest BCUT2D eigenvalue weighted by Gasteiger charge is 2.30. The van der Waals surface area contributed by atoms with Crippen molar-refractivity contribution in [2.24, 2.45) is 0 Å². The van der Waals surface area contributed by atoms with Crippen LogP contribution in [0.1, 0.15) is 29.8 Å². The lowest BCUT2D eigenvalue weighted by atomic mass is 9.96. The van der Waals surface area contributed by atoms with Gasteiger partial charge in [0, 0.05) is 37.1 Å². The summed E-state index contributed by atoms with van der Waals surface area (Å²) in [6, 6.07) is 7.02. The Morgan fingerprint density at radius 2 is 2.03 bits per heavy atom. The molecular formula is C27H25N3OS. The lowest BCUT2D eigenvalue weighted by Gasteiger charge is -2.29. The molecule has 0 radical (unpaired) electrons. The minimum Gasteiger partial charge on any atom is -0.296 e. The molecule has 1 aromatic carbocycles. The van der Waals surface area contributed by atoms with Gasteiger partial charge in [-0.1, -0.05) is 30.4 Å². The molecule has 1 fully saturated rings. The van der Waals surface area contributed by atoms with Crippen molar-refractivity contribution in [3.63, 3.8) is 0 Å². The largest absolute Gasteiger partial charge is 0.296 e. The maximum Gasteiger partial charge on any atom is 0.255 e. The van der Waals surface area contributed by atoms with E-state index >= 15 is 0 Å². The predicted octanol–water partition coefficient (Wildman–Crippen LogP) is 5.52. The summed E-state index contributed by atoms with van der Waals surface area (Å²) in [5.41, 5.74) is 6.35. The zero-order chi connectivity index (χ0) is 21.7. The van der Waals surface area contributed by atoms with Gasteiger partial charge in [0.1, 0.15) is 0 Å². The Morgan fingerprint density at radius 3 is 2.84 bits per heavy atom. The van der Waals surface area contributed by atoms with Crippen molar-refractivity contribution in [2.75, 3.05) is 13.1 Å². The summed E-state index contributed by atoms with van der Waals surface area (Å²) in [7, 11) is 0. The minimum atomic E-state index is -0.0194. The third-order valence-electron chi connectivity index (χ3n) is 6.54. The summed E-state index contributed by atoms with van der Waals surface area (Å²) < 4.78 is 1.15. The van der Waals surface area contributed by atoms with Crippen LogP contribution in [0.3, 0.4) is 0 Å². The SMILES string of the molecule is Cc1nc2ccc(C3=C\C(=O)N4C=C(C5=CCN(C6CC6)CC5)C=C\C4=C/C=C/3)cc2s1. The molecule has 32 heavy (non-hydrogen) atoms. The Bertz CT molecular complexity index is 1300. The molecule has 5 heteroatoms. The monoisotopic (exact) mass is 439 g/mol. The van der Waals surface area contributed by atoms with Crippen LogP contribution >= 0.6 is 11.3 Å². The van der Waals surface area contributed by atoms with Gasteiger partial charge < -0.3 is 0 Å². The fourth-order valence-electron chi connectivity index (χ4n) is 4.65. The van der Waals surface area contributed by atoms with E-state index in [1.165, 1.54) is 18.4 Å². The van der Waals surface area contributed by atoms with Crippen LogP contribution in [-0.4, -0.2) is 39.8 Å². The van der Waals surface area contributed by atoms with Crippen molar-refractivity contribution in [1.29, 1.82) is 0 Å². The molecule has 1 aliphatic carbocycles. The number of allylic oxidation sites excluding steroid dienone is 7. The van der Waals surface area contributed by atoms with E-state index in [0.29, 0.717) is 0 Å². The Kier molecular flexibility index (Phi) is 4.81. The van der Waals surface area contributed by atoms with Gasteiger partial charge in [-0.3, -0.25) is 14.6 Å². The number of thiazole rings is 1. The van der Waals surface area contributed by atoms with Crippen LogP contribution < -0.4 is 0 Å². The zero-order valence-electron chi connectivity index (χ0n) is 18.1. The Hall–Kier alpha value is -3.02. The van der Waals surface area contributed by atoms with E-state index < -0.39 is 0 Å². The molecule has 6 rings (SSSR count). The molecule has 2 aromatic rings. The first kappa shape index (κ1) is 19.6. The number of carbonyl (C=O) groups is 1. The number of nitrogens with zero attached hydrogens (tertiary/aromatic N) is 3. The number of fused-ring (bicyclic) bond motifs is 2. The number of hydrogen-bond acceptors (Lipinski definition) is 4. The van der Waals surface area contributed by atoms with E-state index in [0.717, 1.165) is 63.2 Å². The van der Waals surface area contributed by atoms with Crippen LogP contribution in [0.2, 0.25) is 0 Å². The molecule has 0 bridgehead atoms. The van der Waals surface area contributed by atoms with Gasteiger partial charge in [0.2, 0.25) is 0 Å². The second-order valence-electron chi connectivity index (χ2n) is 8.80. The van der Waals surface area contributed by atoms with Crippen LogP contribution in [0.25, 0.3) is 15.8 Å². The third kappa shape index (κ3) is 3.72. The second kappa shape index (κ2) is 7.84. The molecule has 4 heterocycles. The smallest absolute Gasteiger partial charge is 0.255 e. The third-order valence-corrected chi connectivity index (χ3v) is 7.48. The minimum absolute atomic E-state index is 0.0194. The summed E-state index contributed by atoms with van der Waals surface area (Å²) in [5.74, 6) is -0.0194. The van der Waals surface area contributed by atoms with E-state index in [2.05, 4.69) is 34.2 Å². The van der Waals surface area contributed by atoms with Crippen LogP contribution in [0, 0.1) is 6.92 Å². The lowest BCUT2D eigenvalue weighted by molar-refractivity contribution is -0.122. The number of rotatable bonds is 3. The van der Waals surface area contributed by atoms with E-state index in [-0.39, 0.29) is 5.91 Å². The van der Waals surface area contributed by atoms with Gasteiger partial charge in [-0.25, -0.2) is 4.98 Å². The summed E-state index contributed by atoms with van der Waals surface area (Å²) in [6.45, 7) is 4.16. The van der Waals surface area contributed by atoms with Gasteiger partial charge in [-0.05, 0) is 72.8 Å². The molecule has 1 amide bonds. The molecule has 3 aliphatic heterocycles. The van der Waals surface area contributed by atoms with Gasteiger partial charge in [0.05, 0.1) is 15.2 Å². The average molecular weight is 440 g/mol. The highest BCUT2D eigenvalue weighted by molar-refractivity contribution is 7.18. The van der Waals surface area contributed by atoms with Crippen LogP contribution in [0.4, 0.5) is 0 Å². The molecule has 0 N–H and O–H groups in total. The summed E-state index contributed by atoms with van der Waals surface area (Å²) in [4.78, 5) is 22.2. The quantitative estimate of drug-likeness (QED) is 0.632. The van der Waals surface area contributed by atoms with E-state index in [1.807, 2.05) is 43.5 Å². The number of hydrogen-bond donors (Lipinski definition) is 0. The summed E-state index contributed by atoms with van der Waals surface area (Å²) >= 11 is 1.68. The van der Waals surface area contributed by atoms with Crippen LogP contribution in [-0.2, 0) is 4.79 Å². The lowest BCUT2D eigenvalue weighted by Crippen LogP contribution is -2.31. The first-order valence-corrected chi connectivity index (χ1v) is 12.1. The van der Waals surface area contributed by atoms with Gasteiger partial charge >= 0.3 is 0 Å². The number of aryl methyl sites for hydroxylation is 1. The zero-order valence-corrected chi connectivity index (χ0v) is 18.9. The molecule has 1 saturated carbocycles. The molecule has 0 spiro atoms. The van der Waals surface area contributed by atoms with E-state index in [1.54, 1.807) is 22.3 Å². The molecule has 0 unspecified atom stereocenters. The normalized spacial score (nSPS) is 25.8. The highest BCUT2D eigenvalue weighted by Crippen LogP contribution is 2.33. The first-order chi connectivity index (χ1) is 15.6. The molecule has 4 nitrogen and oxygen atoms in total. The topological polar surface area (TPSA) is 36.4 Å². The summed E-state index contributed by atoms with van der Waals surface area (Å²) in [5, 5.41) is 1.05. The Balaban J connectivity index is 1.29. The molecule has 4 aliphatic rings. The van der Waals surface area contributed by atoms with Crippen molar-refractivity contribution in [3.8, 4) is 0 Å². The van der Waals surface area contributed by atoms with Gasteiger partial charge in [-0.2, -0.15) is 0 Å². The van der Waals surface area contributed by atoms with Crippen molar-refractivity contribution >= 4 is 33.0 Å². The number of aromatic nitrogens is 1. The van der Waals surface area contributed by atoms with Crippen molar-refractivity contribution in [1.82, 2.24) is 14.8 Å². The Labute approximate surface area is 192 Å². The van der Waals surface area contributed by atoms with Gasteiger partial charge in [0.15, 0.2) is 0 Å². The van der Waals surface area contributed by atoms with Crippen LogP contribution in [0.15, 0.2) is 83.8 Å². The van der Waals surface area contributed by atoms with Crippen molar-refractivity contribution < 1.29 is 4.79 Å². The summed E-state index contributed by atoms with van der Waals surface area (Å²) in [6.07, 6.45) is 20.1. The first-order valence-electron chi connectivity index (χ1n) is 11.3. The second-order valence-corrected chi connectivity index (χ2v) is 10.0. The van der Waals surface area contributed by atoms with E-state index in [4.69, 9.17) is 0 Å². The predicted molar refractivity (Wildman–Crippen MR) is 131 cm³/mol.